The Morgan fingerprint density at radius 3 is 2.58 bits per heavy atom. The monoisotopic (exact) mass is 416 g/mol. The molecule has 4 heterocycles. The summed E-state index contributed by atoms with van der Waals surface area (Å²) in [4.78, 5) is 22.3. The van der Waals surface area contributed by atoms with Crippen LogP contribution in [0.25, 0.3) is 5.69 Å². The summed E-state index contributed by atoms with van der Waals surface area (Å²) < 4.78 is 7.36. The van der Waals surface area contributed by atoms with E-state index < -0.39 is 0 Å². The normalized spacial score (nSPS) is 19.1. The molecule has 0 spiro atoms. The number of ether oxygens (including phenoxy) is 1. The van der Waals surface area contributed by atoms with E-state index in [1.54, 1.807) is 17.0 Å². The molecule has 2 aliphatic rings. The molecule has 31 heavy (non-hydrogen) atoms. The Hall–Kier alpha value is -3.12. The van der Waals surface area contributed by atoms with E-state index in [4.69, 9.17) is 4.74 Å². The van der Waals surface area contributed by atoms with Crippen molar-refractivity contribution < 1.29 is 4.74 Å². The molecule has 0 radical (unpaired) electrons. The minimum atomic E-state index is -0.129. The smallest absolute Gasteiger partial charge is 0.258 e. The highest BCUT2D eigenvalue weighted by molar-refractivity contribution is 5.45. The topological polar surface area (TPSA) is 50.6 Å². The summed E-state index contributed by atoms with van der Waals surface area (Å²) in [7, 11) is 0. The van der Waals surface area contributed by atoms with Gasteiger partial charge in [-0.3, -0.25) is 14.3 Å². The van der Waals surface area contributed by atoms with E-state index in [0.29, 0.717) is 18.4 Å². The molecule has 1 unspecified atom stereocenters. The molecule has 3 aromatic rings. The largest absolute Gasteiger partial charge is 0.489 e. The highest BCUT2D eigenvalue weighted by atomic mass is 16.5. The average Bonchev–Trinajstić information content (AvgIpc) is 3.51. The molecule has 6 nitrogen and oxygen atoms in total. The van der Waals surface area contributed by atoms with Crippen molar-refractivity contribution in [3.05, 3.63) is 82.9 Å². The average molecular weight is 417 g/mol. The molecule has 0 bridgehead atoms. The minimum absolute atomic E-state index is 0.129. The number of pyridine rings is 2. The van der Waals surface area contributed by atoms with Crippen LogP contribution in [0.1, 0.15) is 24.8 Å². The first-order chi connectivity index (χ1) is 15.3. The number of rotatable bonds is 6. The third kappa shape index (κ3) is 4.49. The van der Waals surface area contributed by atoms with E-state index in [9.17, 15) is 4.79 Å². The van der Waals surface area contributed by atoms with Crippen molar-refractivity contribution in [2.45, 2.75) is 31.9 Å². The maximum absolute atomic E-state index is 12.6. The van der Waals surface area contributed by atoms with E-state index in [1.165, 1.54) is 38.4 Å². The Labute approximate surface area is 182 Å². The van der Waals surface area contributed by atoms with E-state index in [-0.39, 0.29) is 5.56 Å². The van der Waals surface area contributed by atoms with Gasteiger partial charge in [0.05, 0.1) is 11.9 Å². The van der Waals surface area contributed by atoms with Gasteiger partial charge in [0.2, 0.25) is 0 Å². The van der Waals surface area contributed by atoms with Crippen molar-refractivity contribution in [2.24, 2.45) is 0 Å². The molecule has 5 rings (SSSR count). The predicted molar refractivity (Wildman–Crippen MR) is 122 cm³/mol. The fraction of sp³-hybridized carbons (Fsp3) is 0.360. The van der Waals surface area contributed by atoms with Crippen LogP contribution >= 0.6 is 0 Å². The van der Waals surface area contributed by atoms with Crippen LogP contribution in [0.5, 0.6) is 5.75 Å². The molecular weight excluding hydrogens is 388 g/mol. The lowest BCUT2D eigenvalue weighted by Crippen LogP contribution is -2.35. The van der Waals surface area contributed by atoms with Crippen molar-refractivity contribution in [2.75, 3.05) is 31.1 Å². The molecule has 2 saturated heterocycles. The highest BCUT2D eigenvalue weighted by Gasteiger charge is 2.29. The third-order valence-corrected chi connectivity index (χ3v) is 6.29. The van der Waals surface area contributed by atoms with Crippen LogP contribution in [-0.2, 0) is 6.61 Å². The van der Waals surface area contributed by atoms with Gasteiger partial charge in [-0.2, -0.15) is 0 Å². The first-order valence-corrected chi connectivity index (χ1v) is 11.1. The molecular formula is C25H28N4O2. The van der Waals surface area contributed by atoms with Crippen LogP contribution < -0.4 is 15.2 Å². The Morgan fingerprint density at radius 2 is 1.84 bits per heavy atom. The van der Waals surface area contributed by atoms with Gasteiger partial charge < -0.3 is 9.64 Å². The van der Waals surface area contributed by atoms with Gasteiger partial charge in [0.15, 0.2) is 0 Å². The fourth-order valence-corrected chi connectivity index (χ4v) is 4.57. The van der Waals surface area contributed by atoms with Crippen LogP contribution in [-0.4, -0.2) is 46.7 Å². The predicted octanol–water partition coefficient (Wildman–Crippen LogP) is 3.49. The maximum Gasteiger partial charge on any atom is 0.258 e. The summed E-state index contributed by atoms with van der Waals surface area (Å²) >= 11 is 0. The number of nitrogens with zero attached hydrogens (tertiary/aromatic N) is 4. The van der Waals surface area contributed by atoms with Crippen LogP contribution in [0, 0.1) is 0 Å². The second-order valence-corrected chi connectivity index (χ2v) is 8.35. The van der Waals surface area contributed by atoms with Gasteiger partial charge in [0.1, 0.15) is 18.2 Å². The van der Waals surface area contributed by atoms with Gasteiger partial charge in [0.25, 0.3) is 5.56 Å². The van der Waals surface area contributed by atoms with Gasteiger partial charge in [-0.05, 0) is 56.1 Å². The van der Waals surface area contributed by atoms with E-state index >= 15 is 0 Å². The Morgan fingerprint density at radius 1 is 1.00 bits per heavy atom. The summed E-state index contributed by atoms with van der Waals surface area (Å²) in [5, 5.41) is 0. The molecule has 160 valence electrons. The van der Waals surface area contributed by atoms with E-state index in [0.717, 1.165) is 30.2 Å². The zero-order valence-corrected chi connectivity index (χ0v) is 17.7. The van der Waals surface area contributed by atoms with Crippen molar-refractivity contribution in [3.63, 3.8) is 0 Å². The summed E-state index contributed by atoms with van der Waals surface area (Å²) in [6.07, 6.45) is 7.39. The van der Waals surface area contributed by atoms with Gasteiger partial charge in [0, 0.05) is 31.4 Å². The van der Waals surface area contributed by atoms with Crippen LogP contribution in [0.3, 0.4) is 0 Å². The number of benzene rings is 1. The lowest BCUT2D eigenvalue weighted by Gasteiger charge is -2.24. The maximum atomic E-state index is 12.6. The van der Waals surface area contributed by atoms with Gasteiger partial charge in [-0.1, -0.05) is 30.3 Å². The van der Waals surface area contributed by atoms with Crippen molar-refractivity contribution in [3.8, 4) is 11.4 Å². The van der Waals surface area contributed by atoms with Crippen LogP contribution in [0.15, 0.2) is 71.8 Å². The molecule has 1 atom stereocenters. The molecule has 0 aliphatic carbocycles. The number of aromatic nitrogens is 2. The minimum Gasteiger partial charge on any atom is -0.489 e. The Kier molecular flexibility index (Phi) is 5.71. The standard InChI is InChI=1S/C25H28N4O2/c30-25-16-23(31-19-20-6-2-1-3-7-20)11-15-29(25)21-8-9-24(26-17-21)28-14-10-22(18-28)27-12-4-5-13-27/h1-3,6-9,11,15-17,22H,4-5,10,12-14,18-19H2. The van der Waals surface area contributed by atoms with Crippen LogP contribution in [0.4, 0.5) is 5.82 Å². The fourth-order valence-electron chi connectivity index (χ4n) is 4.57. The molecule has 0 amide bonds. The number of hydrogen-bond donors (Lipinski definition) is 0. The zero-order chi connectivity index (χ0) is 21.0. The second-order valence-electron chi connectivity index (χ2n) is 8.35. The highest BCUT2D eigenvalue weighted by Crippen LogP contribution is 2.24. The Bertz CT molecular complexity index is 1060. The SMILES string of the molecule is O=c1cc(OCc2ccccc2)ccn1-c1ccc(N2CCC(N3CCCC3)C2)nc1. The zero-order valence-electron chi connectivity index (χ0n) is 17.7. The van der Waals surface area contributed by atoms with Gasteiger partial charge in [-0.25, -0.2) is 4.98 Å². The van der Waals surface area contributed by atoms with Crippen molar-refractivity contribution in [1.29, 1.82) is 0 Å². The summed E-state index contributed by atoms with van der Waals surface area (Å²) in [6.45, 7) is 4.99. The Balaban J connectivity index is 1.24. The number of anilines is 1. The summed E-state index contributed by atoms with van der Waals surface area (Å²) in [5.74, 6) is 1.56. The first kappa shape index (κ1) is 19.8. The molecule has 2 fully saturated rings. The summed E-state index contributed by atoms with van der Waals surface area (Å²) in [6, 6.07) is 17.9. The van der Waals surface area contributed by atoms with E-state index in [1.807, 2.05) is 48.5 Å². The van der Waals surface area contributed by atoms with E-state index in [2.05, 4.69) is 14.8 Å². The molecule has 0 N–H and O–H groups in total. The number of likely N-dealkylation sites (tertiary alicyclic amines) is 1. The number of hydrogen-bond acceptors (Lipinski definition) is 5. The summed E-state index contributed by atoms with van der Waals surface area (Å²) in [5.41, 5.74) is 1.70. The lowest BCUT2D eigenvalue weighted by molar-refractivity contribution is 0.260. The van der Waals surface area contributed by atoms with Gasteiger partial charge >= 0.3 is 0 Å². The van der Waals surface area contributed by atoms with Crippen molar-refractivity contribution in [1.82, 2.24) is 14.5 Å². The lowest BCUT2D eigenvalue weighted by atomic mass is 10.2. The third-order valence-electron chi connectivity index (χ3n) is 6.29. The quantitative estimate of drug-likeness (QED) is 0.616. The van der Waals surface area contributed by atoms with Gasteiger partial charge in [-0.15, -0.1) is 0 Å². The van der Waals surface area contributed by atoms with Crippen LogP contribution in [0.2, 0.25) is 0 Å². The van der Waals surface area contributed by atoms with Crippen molar-refractivity contribution >= 4 is 5.82 Å². The molecule has 6 heteroatoms. The molecule has 1 aromatic carbocycles. The molecule has 2 aliphatic heterocycles. The second kappa shape index (κ2) is 8.94. The molecule has 2 aromatic heterocycles. The first-order valence-electron chi connectivity index (χ1n) is 11.1. The molecule has 0 saturated carbocycles.